The molecule has 0 fully saturated rings. The fraction of sp³-hybridized carbons (Fsp3) is 0.381. The number of ether oxygens (including phenoxy) is 1. The standard InChI is InChI=1S/C21H24F2N4O3S/c1-4-29-10-6-9-27-13(3)17(20(28)24-16-11-12(2)30-26-16)19(25-21(27)31)18-14(22)7-5-8-15(18)23/h5,7-8,11,19H,4,6,9-10H2,1-3H3,(H,25,31)(H,24,26,28)/t19-/m1/s1. The molecule has 1 aromatic carbocycles. The van der Waals surface area contributed by atoms with Gasteiger partial charge in [0.25, 0.3) is 5.91 Å². The largest absolute Gasteiger partial charge is 0.382 e. The topological polar surface area (TPSA) is 79.6 Å². The van der Waals surface area contributed by atoms with Crippen LogP contribution in [0.5, 0.6) is 0 Å². The Balaban J connectivity index is 2.00. The number of nitrogens with one attached hydrogen (secondary N) is 2. The van der Waals surface area contributed by atoms with E-state index in [1.165, 1.54) is 6.07 Å². The van der Waals surface area contributed by atoms with Crippen molar-refractivity contribution in [2.45, 2.75) is 33.2 Å². The Labute approximate surface area is 184 Å². The Kier molecular flexibility index (Phi) is 7.34. The van der Waals surface area contributed by atoms with E-state index in [0.717, 1.165) is 12.1 Å². The van der Waals surface area contributed by atoms with E-state index < -0.39 is 23.6 Å². The van der Waals surface area contributed by atoms with Crippen molar-refractivity contribution < 1.29 is 22.8 Å². The van der Waals surface area contributed by atoms with Gasteiger partial charge in [-0.05, 0) is 51.5 Å². The first-order valence-electron chi connectivity index (χ1n) is 9.88. The molecule has 0 spiro atoms. The van der Waals surface area contributed by atoms with Crippen LogP contribution in [-0.4, -0.2) is 40.8 Å². The molecule has 0 radical (unpaired) electrons. The zero-order valence-corrected chi connectivity index (χ0v) is 18.3. The van der Waals surface area contributed by atoms with E-state index in [4.69, 9.17) is 21.5 Å². The highest BCUT2D eigenvalue weighted by Crippen LogP contribution is 2.34. The molecule has 2 heterocycles. The van der Waals surface area contributed by atoms with Crippen LogP contribution in [-0.2, 0) is 9.53 Å². The van der Waals surface area contributed by atoms with Gasteiger partial charge in [0.15, 0.2) is 10.9 Å². The second-order valence-corrected chi connectivity index (χ2v) is 7.38. The molecule has 31 heavy (non-hydrogen) atoms. The summed E-state index contributed by atoms with van der Waals surface area (Å²) < 4.78 is 39.6. The highest BCUT2D eigenvalue weighted by Gasteiger charge is 2.36. The smallest absolute Gasteiger partial charge is 0.257 e. The zero-order valence-electron chi connectivity index (χ0n) is 17.5. The van der Waals surface area contributed by atoms with Gasteiger partial charge in [-0.15, -0.1) is 0 Å². The number of benzene rings is 1. The van der Waals surface area contributed by atoms with Gasteiger partial charge in [-0.1, -0.05) is 11.2 Å². The summed E-state index contributed by atoms with van der Waals surface area (Å²) in [4.78, 5) is 14.9. The minimum atomic E-state index is -1.11. The second kappa shape index (κ2) is 9.97. The number of thiocarbonyl (C=S) groups is 1. The van der Waals surface area contributed by atoms with E-state index in [1.807, 2.05) is 6.92 Å². The van der Waals surface area contributed by atoms with Crippen LogP contribution in [0.2, 0.25) is 0 Å². The SMILES string of the molecule is CCOCCCN1C(=S)N[C@@H](c2c(F)cccc2F)C(C(=O)Nc2cc(C)on2)=C1C. The molecule has 3 rings (SSSR count). The third kappa shape index (κ3) is 5.08. The Morgan fingerprint density at radius 2 is 2.06 bits per heavy atom. The number of aromatic nitrogens is 1. The van der Waals surface area contributed by atoms with Crippen LogP contribution in [0.3, 0.4) is 0 Å². The normalized spacial score (nSPS) is 16.5. The molecule has 0 saturated heterocycles. The van der Waals surface area contributed by atoms with Crippen LogP contribution >= 0.6 is 12.2 Å². The lowest BCUT2D eigenvalue weighted by Gasteiger charge is -2.38. The number of allylic oxidation sites excluding steroid dienone is 1. The predicted octanol–water partition coefficient (Wildman–Crippen LogP) is 3.83. The number of anilines is 1. The molecular weight excluding hydrogens is 426 g/mol. The number of hydrogen-bond donors (Lipinski definition) is 2. The molecular formula is C21H24F2N4O3S. The summed E-state index contributed by atoms with van der Waals surface area (Å²) in [6, 6.07) is 3.99. The molecule has 166 valence electrons. The maximum absolute atomic E-state index is 14.6. The van der Waals surface area contributed by atoms with Crippen molar-refractivity contribution in [3.8, 4) is 0 Å². The molecule has 1 amide bonds. The highest BCUT2D eigenvalue weighted by atomic mass is 32.1. The Hall–Kier alpha value is -2.85. The van der Waals surface area contributed by atoms with Crippen LogP contribution in [0.1, 0.15) is 37.6 Å². The van der Waals surface area contributed by atoms with Crippen molar-refractivity contribution in [1.82, 2.24) is 15.4 Å². The van der Waals surface area contributed by atoms with Gasteiger partial charge in [0.1, 0.15) is 17.4 Å². The number of carbonyl (C=O) groups excluding carboxylic acids is 1. The summed E-state index contributed by atoms with van der Waals surface area (Å²) in [7, 11) is 0. The Morgan fingerprint density at radius 3 is 2.68 bits per heavy atom. The molecule has 0 unspecified atom stereocenters. The summed E-state index contributed by atoms with van der Waals surface area (Å²) in [6.07, 6.45) is 0.656. The van der Waals surface area contributed by atoms with Crippen LogP contribution in [0.4, 0.5) is 14.6 Å². The molecule has 1 aromatic heterocycles. The number of aryl methyl sites for hydroxylation is 1. The first-order chi connectivity index (χ1) is 14.8. The first kappa shape index (κ1) is 22.8. The van der Waals surface area contributed by atoms with Crippen molar-refractivity contribution in [2.75, 3.05) is 25.1 Å². The number of nitrogens with zero attached hydrogens (tertiary/aromatic N) is 2. The van der Waals surface area contributed by atoms with Crippen LogP contribution in [0.25, 0.3) is 0 Å². The third-order valence-electron chi connectivity index (χ3n) is 4.87. The van der Waals surface area contributed by atoms with Gasteiger partial charge in [-0.25, -0.2) is 8.78 Å². The number of amides is 1. The van der Waals surface area contributed by atoms with Gasteiger partial charge in [0.2, 0.25) is 0 Å². The molecule has 0 saturated carbocycles. The maximum Gasteiger partial charge on any atom is 0.257 e. The molecule has 2 N–H and O–H groups in total. The fourth-order valence-corrected chi connectivity index (χ4v) is 3.77. The third-order valence-corrected chi connectivity index (χ3v) is 5.21. The van der Waals surface area contributed by atoms with E-state index in [2.05, 4.69) is 15.8 Å². The van der Waals surface area contributed by atoms with Crippen molar-refractivity contribution in [1.29, 1.82) is 0 Å². The van der Waals surface area contributed by atoms with Crippen molar-refractivity contribution >= 4 is 29.1 Å². The minimum absolute atomic E-state index is 0.134. The van der Waals surface area contributed by atoms with Crippen LogP contribution in [0.15, 0.2) is 40.1 Å². The first-order valence-corrected chi connectivity index (χ1v) is 10.3. The summed E-state index contributed by atoms with van der Waals surface area (Å²) in [5.41, 5.74) is 0.347. The van der Waals surface area contributed by atoms with Crippen LogP contribution < -0.4 is 10.6 Å². The molecule has 2 aromatic rings. The van der Waals surface area contributed by atoms with E-state index >= 15 is 0 Å². The summed E-state index contributed by atoms with van der Waals surface area (Å²) in [5.74, 6) is -1.41. The molecule has 7 nitrogen and oxygen atoms in total. The predicted molar refractivity (Wildman–Crippen MR) is 115 cm³/mol. The number of rotatable bonds is 8. The average molecular weight is 451 g/mol. The van der Waals surface area contributed by atoms with Gasteiger partial charge in [0, 0.05) is 31.5 Å². The molecule has 10 heteroatoms. The molecule has 0 bridgehead atoms. The monoisotopic (exact) mass is 450 g/mol. The lowest BCUT2D eigenvalue weighted by atomic mass is 9.93. The zero-order chi connectivity index (χ0) is 22.5. The average Bonchev–Trinajstić information content (AvgIpc) is 3.11. The van der Waals surface area contributed by atoms with Gasteiger partial charge in [0.05, 0.1) is 17.2 Å². The van der Waals surface area contributed by atoms with E-state index in [0.29, 0.717) is 37.6 Å². The Morgan fingerprint density at radius 1 is 1.35 bits per heavy atom. The van der Waals surface area contributed by atoms with E-state index in [-0.39, 0.29) is 22.1 Å². The van der Waals surface area contributed by atoms with E-state index in [9.17, 15) is 13.6 Å². The molecule has 0 aliphatic carbocycles. The van der Waals surface area contributed by atoms with Crippen LogP contribution in [0, 0.1) is 18.6 Å². The summed E-state index contributed by atoms with van der Waals surface area (Å²) >= 11 is 5.45. The number of carbonyl (C=O) groups is 1. The summed E-state index contributed by atoms with van der Waals surface area (Å²) in [6.45, 7) is 6.88. The fourth-order valence-electron chi connectivity index (χ4n) is 3.43. The van der Waals surface area contributed by atoms with E-state index in [1.54, 1.807) is 24.8 Å². The molecule has 1 aliphatic rings. The molecule has 1 aliphatic heterocycles. The number of halogens is 2. The van der Waals surface area contributed by atoms with Crippen molar-refractivity contribution in [3.63, 3.8) is 0 Å². The van der Waals surface area contributed by atoms with Crippen molar-refractivity contribution in [3.05, 3.63) is 58.5 Å². The lowest BCUT2D eigenvalue weighted by Crippen LogP contribution is -2.49. The minimum Gasteiger partial charge on any atom is -0.382 e. The van der Waals surface area contributed by atoms with Gasteiger partial charge >= 0.3 is 0 Å². The summed E-state index contributed by atoms with van der Waals surface area (Å²) in [5, 5.41) is 9.60. The quantitative estimate of drug-likeness (QED) is 0.467. The maximum atomic E-state index is 14.6. The Bertz CT molecular complexity index is 988. The van der Waals surface area contributed by atoms with Gasteiger partial charge < -0.3 is 24.8 Å². The highest BCUT2D eigenvalue weighted by molar-refractivity contribution is 7.80. The second-order valence-electron chi connectivity index (χ2n) is 7.00. The lowest BCUT2D eigenvalue weighted by molar-refractivity contribution is -0.113. The van der Waals surface area contributed by atoms with Crippen molar-refractivity contribution in [2.24, 2.45) is 0 Å². The number of hydrogen-bond acceptors (Lipinski definition) is 5. The molecule has 1 atom stereocenters. The van der Waals surface area contributed by atoms with Gasteiger partial charge in [-0.2, -0.15) is 0 Å². The van der Waals surface area contributed by atoms with Gasteiger partial charge in [-0.3, -0.25) is 4.79 Å².